The minimum atomic E-state index is -0.0625. The predicted molar refractivity (Wildman–Crippen MR) is 64.5 cm³/mol. The highest BCUT2D eigenvalue weighted by Crippen LogP contribution is 2.20. The molecule has 3 aromatic rings. The first-order chi connectivity index (χ1) is 8.34. The third kappa shape index (κ3) is 1.83. The molecule has 0 saturated carbocycles. The second kappa shape index (κ2) is 4.07. The summed E-state index contributed by atoms with van der Waals surface area (Å²) in [4.78, 5) is 0. The molecule has 4 heteroatoms. The van der Waals surface area contributed by atoms with Crippen LogP contribution in [-0.2, 0) is 6.42 Å². The minimum Gasteiger partial charge on any atom is -0.472 e. The lowest BCUT2D eigenvalue weighted by atomic mass is 10.0. The van der Waals surface area contributed by atoms with Crippen molar-refractivity contribution in [2.24, 2.45) is 5.73 Å². The average Bonchev–Trinajstić information content (AvgIpc) is 2.96. The van der Waals surface area contributed by atoms with Crippen molar-refractivity contribution in [2.45, 2.75) is 12.5 Å². The number of nitrogens with zero attached hydrogens (tertiary/aromatic N) is 2. The number of pyridine rings is 1. The van der Waals surface area contributed by atoms with E-state index >= 15 is 0 Å². The summed E-state index contributed by atoms with van der Waals surface area (Å²) < 4.78 is 6.88. The van der Waals surface area contributed by atoms with E-state index in [9.17, 15) is 0 Å². The molecule has 1 unspecified atom stereocenters. The van der Waals surface area contributed by atoms with E-state index in [4.69, 9.17) is 10.2 Å². The molecule has 0 saturated heterocycles. The zero-order valence-corrected chi connectivity index (χ0v) is 9.28. The van der Waals surface area contributed by atoms with Crippen LogP contribution in [0.3, 0.4) is 0 Å². The Labute approximate surface area is 98.7 Å². The molecular weight excluding hydrogens is 214 g/mol. The van der Waals surface area contributed by atoms with E-state index in [2.05, 4.69) is 5.10 Å². The SMILES string of the molecule is NC(Cc1ccoc1)c1cnn2ccccc12. The predicted octanol–water partition coefficient (Wildman–Crippen LogP) is 2.17. The molecule has 0 fully saturated rings. The molecule has 1 atom stereocenters. The quantitative estimate of drug-likeness (QED) is 0.746. The zero-order chi connectivity index (χ0) is 11.7. The third-order valence-corrected chi connectivity index (χ3v) is 2.89. The molecule has 3 rings (SSSR count). The highest BCUT2D eigenvalue weighted by atomic mass is 16.3. The molecule has 3 aromatic heterocycles. The Morgan fingerprint density at radius 2 is 2.29 bits per heavy atom. The summed E-state index contributed by atoms with van der Waals surface area (Å²) in [6.45, 7) is 0. The maximum Gasteiger partial charge on any atom is 0.0935 e. The summed E-state index contributed by atoms with van der Waals surface area (Å²) in [5.41, 5.74) is 9.43. The third-order valence-electron chi connectivity index (χ3n) is 2.89. The van der Waals surface area contributed by atoms with E-state index in [0.29, 0.717) is 0 Å². The van der Waals surface area contributed by atoms with Gasteiger partial charge < -0.3 is 10.2 Å². The molecule has 0 aliphatic carbocycles. The van der Waals surface area contributed by atoms with Gasteiger partial charge in [0.05, 0.1) is 24.2 Å². The molecule has 0 radical (unpaired) electrons. The topological polar surface area (TPSA) is 56.5 Å². The first-order valence-corrected chi connectivity index (χ1v) is 5.53. The molecule has 4 nitrogen and oxygen atoms in total. The van der Waals surface area contributed by atoms with Crippen molar-refractivity contribution >= 4 is 5.52 Å². The Morgan fingerprint density at radius 3 is 3.12 bits per heavy atom. The summed E-state index contributed by atoms with van der Waals surface area (Å²) in [5, 5.41) is 4.28. The lowest BCUT2D eigenvalue weighted by Crippen LogP contribution is -2.12. The monoisotopic (exact) mass is 227 g/mol. The summed E-state index contributed by atoms with van der Waals surface area (Å²) >= 11 is 0. The second-order valence-corrected chi connectivity index (χ2v) is 4.07. The maximum absolute atomic E-state index is 6.20. The summed E-state index contributed by atoms with van der Waals surface area (Å²) in [5.74, 6) is 0. The average molecular weight is 227 g/mol. The zero-order valence-electron chi connectivity index (χ0n) is 9.28. The first kappa shape index (κ1) is 10.1. The van der Waals surface area contributed by atoms with E-state index in [1.807, 2.05) is 41.2 Å². The molecule has 2 N–H and O–H groups in total. The van der Waals surface area contributed by atoms with Crippen molar-refractivity contribution in [1.82, 2.24) is 9.61 Å². The van der Waals surface area contributed by atoms with Crippen LogP contribution in [0.25, 0.3) is 5.52 Å². The van der Waals surface area contributed by atoms with E-state index in [-0.39, 0.29) is 6.04 Å². The van der Waals surface area contributed by atoms with Gasteiger partial charge in [-0.25, -0.2) is 4.52 Å². The molecule has 0 aliphatic heterocycles. The number of hydrogen-bond donors (Lipinski definition) is 1. The number of fused-ring (bicyclic) bond motifs is 1. The van der Waals surface area contributed by atoms with Crippen molar-refractivity contribution in [1.29, 1.82) is 0 Å². The Balaban J connectivity index is 1.93. The Morgan fingerprint density at radius 1 is 1.35 bits per heavy atom. The van der Waals surface area contributed by atoms with Gasteiger partial charge in [0.1, 0.15) is 0 Å². The Bertz CT molecular complexity index is 612. The van der Waals surface area contributed by atoms with Crippen LogP contribution in [0.1, 0.15) is 17.2 Å². The van der Waals surface area contributed by atoms with E-state index in [1.165, 1.54) is 0 Å². The Kier molecular flexibility index (Phi) is 2.42. The van der Waals surface area contributed by atoms with E-state index in [1.54, 1.807) is 12.5 Å². The second-order valence-electron chi connectivity index (χ2n) is 4.07. The molecule has 17 heavy (non-hydrogen) atoms. The number of furan rings is 1. The highest BCUT2D eigenvalue weighted by Gasteiger charge is 2.12. The molecule has 0 amide bonds. The smallest absolute Gasteiger partial charge is 0.0935 e. The van der Waals surface area contributed by atoms with Gasteiger partial charge in [0.15, 0.2) is 0 Å². The fraction of sp³-hybridized carbons (Fsp3) is 0.154. The van der Waals surface area contributed by atoms with Crippen LogP contribution in [0, 0.1) is 0 Å². The van der Waals surface area contributed by atoms with Crippen molar-refractivity contribution in [3.8, 4) is 0 Å². The molecule has 0 bridgehead atoms. The normalized spacial score (nSPS) is 13.0. The van der Waals surface area contributed by atoms with Crippen LogP contribution in [0.2, 0.25) is 0 Å². The summed E-state index contributed by atoms with van der Waals surface area (Å²) in [6, 6.07) is 7.84. The molecule has 0 aromatic carbocycles. The van der Waals surface area contributed by atoms with Crippen LogP contribution in [0.15, 0.2) is 53.6 Å². The van der Waals surface area contributed by atoms with Gasteiger partial charge in [0.2, 0.25) is 0 Å². The summed E-state index contributed by atoms with van der Waals surface area (Å²) in [6.07, 6.45) is 7.90. The Hall–Kier alpha value is -2.07. The lowest BCUT2D eigenvalue weighted by Gasteiger charge is -2.08. The highest BCUT2D eigenvalue weighted by molar-refractivity contribution is 5.54. The summed E-state index contributed by atoms with van der Waals surface area (Å²) in [7, 11) is 0. The molecular formula is C13H13N3O. The molecule has 0 aliphatic rings. The lowest BCUT2D eigenvalue weighted by molar-refractivity contribution is 0.561. The van der Waals surface area contributed by atoms with Crippen molar-refractivity contribution in [2.75, 3.05) is 0 Å². The molecule has 3 heterocycles. The van der Waals surface area contributed by atoms with Gasteiger partial charge in [0.25, 0.3) is 0 Å². The van der Waals surface area contributed by atoms with Gasteiger partial charge in [-0.2, -0.15) is 5.10 Å². The van der Waals surface area contributed by atoms with Gasteiger partial charge in [-0.1, -0.05) is 6.07 Å². The largest absolute Gasteiger partial charge is 0.472 e. The number of aromatic nitrogens is 2. The molecule has 0 spiro atoms. The van der Waals surface area contributed by atoms with Gasteiger partial charge in [0, 0.05) is 17.8 Å². The van der Waals surface area contributed by atoms with Crippen LogP contribution < -0.4 is 5.73 Å². The van der Waals surface area contributed by atoms with Crippen LogP contribution >= 0.6 is 0 Å². The van der Waals surface area contributed by atoms with Gasteiger partial charge in [-0.05, 0) is 30.2 Å². The van der Waals surface area contributed by atoms with Gasteiger partial charge in [-0.3, -0.25) is 0 Å². The maximum atomic E-state index is 6.20. The standard InChI is InChI=1S/C13H13N3O/c14-12(7-10-4-6-17-9-10)11-8-15-16-5-2-1-3-13(11)16/h1-6,8-9,12H,7,14H2. The first-order valence-electron chi connectivity index (χ1n) is 5.53. The van der Waals surface area contributed by atoms with Gasteiger partial charge >= 0.3 is 0 Å². The van der Waals surface area contributed by atoms with Crippen molar-refractivity contribution in [3.63, 3.8) is 0 Å². The minimum absolute atomic E-state index is 0.0625. The number of nitrogens with two attached hydrogens (primary N) is 1. The molecule has 86 valence electrons. The number of hydrogen-bond acceptors (Lipinski definition) is 3. The fourth-order valence-electron chi connectivity index (χ4n) is 2.01. The van der Waals surface area contributed by atoms with Crippen molar-refractivity contribution < 1.29 is 4.42 Å². The van der Waals surface area contributed by atoms with Gasteiger partial charge in [-0.15, -0.1) is 0 Å². The van der Waals surface area contributed by atoms with Crippen LogP contribution in [0.4, 0.5) is 0 Å². The van der Waals surface area contributed by atoms with E-state index in [0.717, 1.165) is 23.1 Å². The van der Waals surface area contributed by atoms with E-state index < -0.39 is 0 Å². The number of rotatable bonds is 3. The van der Waals surface area contributed by atoms with Crippen molar-refractivity contribution in [3.05, 3.63) is 60.3 Å². The van der Waals surface area contributed by atoms with Crippen LogP contribution in [-0.4, -0.2) is 9.61 Å². The fourth-order valence-corrected chi connectivity index (χ4v) is 2.01. The van der Waals surface area contributed by atoms with Crippen LogP contribution in [0.5, 0.6) is 0 Å².